The van der Waals surface area contributed by atoms with Crippen LogP contribution in [-0.4, -0.2) is 16.8 Å². The van der Waals surface area contributed by atoms with Gasteiger partial charge in [-0.15, -0.1) is 0 Å². The van der Waals surface area contributed by atoms with Gasteiger partial charge in [0.2, 0.25) is 17.7 Å². The molecular weight excluding hydrogens is 366 g/mol. The molecule has 6 heteroatoms. The van der Waals surface area contributed by atoms with Crippen LogP contribution in [0.25, 0.3) is 0 Å². The van der Waals surface area contributed by atoms with Crippen molar-refractivity contribution in [2.24, 2.45) is 5.73 Å². The topological polar surface area (TPSA) is 94.3 Å². The molecule has 1 fully saturated rings. The highest BCUT2D eigenvalue weighted by molar-refractivity contribution is 5.99. The molecule has 0 bridgehead atoms. The van der Waals surface area contributed by atoms with Crippen LogP contribution in [0.4, 0.5) is 5.69 Å². The Balaban J connectivity index is 1.45. The van der Waals surface area contributed by atoms with Crippen LogP contribution in [0.2, 0.25) is 0 Å². The molecule has 0 aliphatic heterocycles. The summed E-state index contributed by atoms with van der Waals surface area (Å²) in [5, 5.41) is 2.98. The van der Waals surface area contributed by atoms with E-state index in [0.29, 0.717) is 22.9 Å². The van der Waals surface area contributed by atoms with Crippen molar-refractivity contribution in [3.63, 3.8) is 0 Å². The van der Waals surface area contributed by atoms with Gasteiger partial charge in [-0.25, -0.2) is 4.98 Å². The SMILES string of the molecule is NC(=O)c1cccc(Oc2ccc(NC(=O)C3(c4ccccc4)CCC3)cn2)c1. The van der Waals surface area contributed by atoms with Crippen molar-refractivity contribution < 1.29 is 14.3 Å². The molecule has 1 aromatic heterocycles. The standard InChI is InChI=1S/C23H21N3O3/c24-21(27)16-6-4-9-19(14-16)29-20-11-10-18(15-25-20)26-22(28)23(12-5-13-23)17-7-2-1-3-8-17/h1-4,6-11,14-15H,5,12-13H2,(H2,24,27)(H,26,28). The van der Waals surface area contributed by atoms with Crippen molar-refractivity contribution in [1.82, 2.24) is 4.98 Å². The lowest BCUT2D eigenvalue weighted by Crippen LogP contribution is -2.45. The molecule has 1 aliphatic carbocycles. The molecule has 29 heavy (non-hydrogen) atoms. The highest BCUT2D eigenvalue weighted by Gasteiger charge is 2.45. The normalized spacial score (nSPS) is 14.5. The number of ether oxygens (including phenoxy) is 1. The number of anilines is 1. The van der Waals surface area contributed by atoms with E-state index >= 15 is 0 Å². The molecule has 0 spiro atoms. The summed E-state index contributed by atoms with van der Waals surface area (Å²) in [4.78, 5) is 28.5. The van der Waals surface area contributed by atoms with E-state index in [1.165, 1.54) is 0 Å². The predicted molar refractivity (Wildman–Crippen MR) is 110 cm³/mol. The first-order chi connectivity index (χ1) is 14.1. The molecule has 0 saturated heterocycles. The number of aromatic nitrogens is 1. The number of carbonyl (C=O) groups excluding carboxylic acids is 2. The van der Waals surface area contributed by atoms with Crippen LogP contribution in [0, 0.1) is 0 Å². The number of pyridine rings is 1. The lowest BCUT2D eigenvalue weighted by atomic mass is 9.64. The second-order valence-electron chi connectivity index (χ2n) is 7.14. The molecule has 0 unspecified atom stereocenters. The largest absolute Gasteiger partial charge is 0.439 e. The summed E-state index contributed by atoms with van der Waals surface area (Å²) in [5.74, 6) is 0.276. The van der Waals surface area contributed by atoms with Gasteiger partial charge in [0.05, 0.1) is 17.3 Å². The number of hydrogen-bond acceptors (Lipinski definition) is 4. The van der Waals surface area contributed by atoms with E-state index in [-0.39, 0.29) is 5.91 Å². The van der Waals surface area contributed by atoms with Crippen molar-refractivity contribution in [1.29, 1.82) is 0 Å². The minimum absolute atomic E-state index is 0.0143. The highest BCUT2D eigenvalue weighted by Crippen LogP contribution is 2.44. The van der Waals surface area contributed by atoms with Gasteiger partial charge in [-0.1, -0.05) is 42.8 Å². The van der Waals surface area contributed by atoms with Gasteiger partial charge < -0.3 is 15.8 Å². The number of carbonyl (C=O) groups is 2. The molecular formula is C23H21N3O3. The first-order valence-corrected chi connectivity index (χ1v) is 9.48. The molecule has 1 saturated carbocycles. The van der Waals surface area contributed by atoms with E-state index in [1.54, 1.807) is 42.6 Å². The zero-order valence-corrected chi connectivity index (χ0v) is 15.8. The molecule has 2 amide bonds. The zero-order valence-electron chi connectivity index (χ0n) is 15.8. The van der Waals surface area contributed by atoms with Crippen molar-refractivity contribution in [3.05, 3.63) is 84.1 Å². The fraction of sp³-hybridized carbons (Fsp3) is 0.174. The van der Waals surface area contributed by atoms with Crippen LogP contribution in [0.1, 0.15) is 35.2 Å². The second-order valence-corrected chi connectivity index (χ2v) is 7.14. The van der Waals surface area contributed by atoms with Gasteiger partial charge in [-0.2, -0.15) is 0 Å². The Kier molecular flexibility index (Phi) is 4.99. The van der Waals surface area contributed by atoms with Crippen LogP contribution in [0.5, 0.6) is 11.6 Å². The van der Waals surface area contributed by atoms with Crippen LogP contribution >= 0.6 is 0 Å². The highest BCUT2D eigenvalue weighted by atomic mass is 16.5. The van der Waals surface area contributed by atoms with Crippen LogP contribution in [-0.2, 0) is 10.2 Å². The van der Waals surface area contributed by atoms with E-state index in [4.69, 9.17) is 10.5 Å². The van der Waals surface area contributed by atoms with Gasteiger partial charge in [0.15, 0.2) is 0 Å². The van der Waals surface area contributed by atoms with Crippen LogP contribution in [0.15, 0.2) is 72.9 Å². The third-order valence-corrected chi connectivity index (χ3v) is 5.30. The van der Waals surface area contributed by atoms with Crippen molar-refractivity contribution in [2.75, 3.05) is 5.32 Å². The lowest BCUT2D eigenvalue weighted by molar-refractivity contribution is -0.124. The zero-order chi connectivity index (χ0) is 20.3. The third-order valence-electron chi connectivity index (χ3n) is 5.30. The van der Waals surface area contributed by atoms with E-state index in [2.05, 4.69) is 10.3 Å². The fourth-order valence-electron chi connectivity index (χ4n) is 3.53. The Morgan fingerprint density at radius 2 is 1.79 bits per heavy atom. The predicted octanol–water partition coefficient (Wildman–Crippen LogP) is 4.03. The number of hydrogen-bond donors (Lipinski definition) is 2. The number of rotatable bonds is 6. The van der Waals surface area contributed by atoms with Gasteiger partial charge in [-0.3, -0.25) is 9.59 Å². The van der Waals surface area contributed by atoms with Gasteiger partial charge >= 0.3 is 0 Å². The minimum Gasteiger partial charge on any atom is -0.439 e. The van der Waals surface area contributed by atoms with E-state index in [1.807, 2.05) is 30.3 Å². The number of benzene rings is 2. The Morgan fingerprint density at radius 1 is 1.00 bits per heavy atom. The van der Waals surface area contributed by atoms with Gasteiger partial charge in [0, 0.05) is 11.6 Å². The molecule has 1 aliphatic rings. The minimum atomic E-state index is -0.523. The summed E-state index contributed by atoms with van der Waals surface area (Å²) in [6.07, 6.45) is 4.28. The molecule has 2 aromatic carbocycles. The van der Waals surface area contributed by atoms with Crippen molar-refractivity contribution in [3.8, 4) is 11.6 Å². The summed E-state index contributed by atoms with van der Waals surface area (Å²) < 4.78 is 5.67. The second kappa shape index (κ2) is 7.75. The van der Waals surface area contributed by atoms with Crippen molar-refractivity contribution in [2.45, 2.75) is 24.7 Å². The first-order valence-electron chi connectivity index (χ1n) is 9.48. The molecule has 1 heterocycles. The maximum atomic E-state index is 13.0. The quantitative estimate of drug-likeness (QED) is 0.668. The Labute approximate surface area is 168 Å². The Bertz CT molecular complexity index is 1030. The van der Waals surface area contributed by atoms with Gasteiger partial charge in [0.1, 0.15) is 5.75 Å². The number of primary amides is 1. The van der Waals surface area contributed by atoms with E-state index in [0.717, 1.165) is 24.8 Å². The summed E-state index contributed by atoms with van der Waals surface area (Å²) in [7, 11) is 0. The number of amides is 2. The maximum absolute atomic E-state index is 13.0. The first kappa shape index (κ1) is 18.7. The summed E-state index contributed by atoms with van der Waals surface area (Å²) in [6.45, 7) is 0. The third kappa shape index (κ3) is 3.82. The molecule has 3 N–H and O–H groups in total. The molecule has 146 valence electrons. The molecule has 0 atom stereocenters. The van der Waals surface area contributed by atoms with E-state index < -0.39 is 11.3 Å². The lowest BCUT2D eigenvalue weighted by Gasteiger charge is -2.40. The van der Waals surface area contributed by atoms with Crippen LogP contribution < -0.4 is 15.8 Å². The monoisotopic (exact) mass is 387 g/mol. The van der Waals surface area contributed by atoms with Crippen molar-refractivity contribution >= 4 is 17.5 Å². The Hall–Kier alpha value is -3.67. The smallest absolute Gasteiger partial charge is 0.248 e. The summed E-state index contributed by atoms with van der Waals surface area (Å²) >= 11 is 0. The summed E-state index contributed by atoms with van der Waals surface area (Å²) in [6, 6.07) is 19.9. The number of nitrogens with one attached hydrogen (secondary N) is 1. The van der Waals surface area contributed by atoms with Crippen LogP contribution in [0.3, 0.4) is 0 Å². The number of nitrogens with two attached hydrogens (primary N) is 1. The fourth-order valence-corrected chi connectivity index (χ4v) is 3.53. The molecule has 4 rings (SSSR count). The maximum Gasteiger partial charge on any atom is 0.248 e. The number of nitrogens with zero attached hydrogens (tertiary/aromatic N) is 1. The van der Waals surface area contributed by atoms with Gasteiger partial charge in [-0.05, 0) is 42.7 Å². The Morgan fingerprint density at radius 3 is 2.41 bits per heavy atom. The average Bonchev–Trinajstić information content (AvgIpc) is 2.70. The van der Waals surface area contributed by atoms with Gasteiger partial charge in [0.25, 0.3) is 0 Å². The molecule has 3 aromatic rings. The molecule has 6 nitrogen and oxygen atoms in total. The van der Waals surface area contributed by atoms with E-state index in [9.17, 15) is 9.59 Å². The summed E-state index contributed by atoms with van der Waals surface area (Å²) in [5.41, 5.74) is 6.83. The molecule has 0 radical (unpaired) electrons. The average molecular weight is 387 g/mol.